The second-order valence-corrected chi connectivity index (χ2v) is 21.1. The maximum absolute atomic E-state index is 7.82. The van der Waals surface area contributed by atoms with Gasteiger partial charge < -0.3 is 0 Å². The van der Waals surface area contributed by atoms with Crippen LogP contribution in [0.3, 0.4) is 0 Å². The molecular formula is C20H44NOSn. The monoisotopic (exact) mass is 434 g/mol. The van der Waals surface area contributed by atoms with E-state index in [1.807, 2.05) is 0 Å². The van der Waals surface area contributed by atoms with E-state index in [2.05, 4.69) is 27.7 Å². The molecule has 0 saturated heterocycles. The first-order valence-corrected chi connectivity index (χ1v) is 18.5. The molecule has 0 rings (SSSR count). The van der Waals surface area contributed by atoms with E-state index in [0.717, 1.165) is 11.0 Å². The average Bonchev–Trinajstić information content (AvgIpc) is 2.58. The van der Waals surface area contributed by atoms with Gasteiger partial charge in [0, 0.05) is 0 Å². The molecule has 0 aliphatic rings. The van der Waals surface area contributed by atoms with Gasteiger partial charge in [0.25, 0.3) is 0 Å². The van der Waals surface area contributed by atoms with Gasteiger partial charge in [-0.25, -0.2) is 0 Å². The molecule has 0 saturated carbocycles. The minimum atomic E-state index is -2.14. The number of hydrogen-bond acceptors (Lipinski definition) is 1. The normalized spacial score (nSPS) is 13.4. The topological polar surface area (TPSA) is 33.0 Å². The molecule has 1 unspecified atom stereocenters. The molecule has 0 aliphatic heterocycles. The van der Waals surface area contributed by atoms with E-state index >= 15 is 0 Å². The van der Waals surface area contributed by atoms with Crippen LogP contribution in [-0.4, -0.2) is 35.6 Å². The Morgan fingerprint density at radius 2 is 1.22 bits per heavy atom. The Kier molecular flexibility index (Phi) is 16.7. The zero-order valence-electron chi connectivity index (χ0n) is 16.6. The van der Waals surface area contributed by atoms with Crippen LogP contribution in [0.5, 0.6) is 0 Å². The van der Waals surface area contributed by atoms with Crippen molar-refractivity contribution in [3.05, 3.63) is 0 Å². The van der Waals surface area contributed by atoms with Crippen LogP contribution in [0.1, 0.15) is 91.9 Å². The molecule has 1 atom stereocenters. The van der Waals surface area contributed by atoms with Gasteiger partial charge in [-0.1, -0.05) is 0 Å². The number of nitrogens with one attached hydrogen (secondary N) is 1. The fraction of sp³-hybridized carbons (Fsp3) is 1.00. The summed E-state index contributed by atoms with van der Waals surface area (Å²) in [7, 11) is 0. The molecule has 0 aromatic carbocycles. The predicted octanol–water partition coefficient (Wildman–Crippen LogP) is 6.62. The number of unbranched alkanes of at least 4 members (excludes halogenated alkanes) is 5. The molecule has 2 nitrogen and oxygen atoms in total. The molecule has 0 amide bonds. The third kappa shape index (κ3) is 11.8. The molecule has 1 N–H and O–H groups in total. The summed E-state index contributed by atoms with van der Waals surface area (Å²) in [6, 6.07) is 0. The van der Waals surface area contributed by atoms with Gasteiger partial charge >= 0.3 is 151 Å². The quantitative estimate of drug-likeness (QED) is 0.187. The molecule has 1 radical (unpaired) electrons. The van der Waals surface area contributed by atoms with Gasteiger partial charge in [-0.3, -0.25) is 0 Å². The van der Waals surface area contributed by atoms with Crippen LogP contribution in [0.15, 0.2) is 0 Å². The maximum atomic E-state index is 7.82. The van der Waals surface area contributed by atoms with Crippen molar-refractivity contribution in [3.63, 3.8) is 0 Å². The molecule has 0 fully saturated rings. The summed E-state index contributed by atoms with van der Waals surface area (Å²) in [5, 5.41) is 0. The van der Waals surface area contributed by atoms with E-state index in [-0.39, 0.29) is 6.10 Å². The Morgan fingerprint density at radius 1 is 0.739 bits per heavy atom. The summed E-state index contributed by atoms with van der Waals surface area (Å²) < 4.78 is 12.1. The van der Waals surface area contributed by atoms with Gasteiger partial charge in [0.15, 0.2) is 0 Å². The van der Waals surface area contributed by atoms with Gasteiger partial charge in [-0.2, -0.15) is 0 Å². The Hall–Kier alpha value is 0.719. The second-order valence-electron chi connectivity index (χ2n) is 7.44. The van der Waals surface area contributed by atoms with Crippen molar-refractivity contribution < 1.29 is 4.74 Å². The Bertz CT molecular complexity index is 226. The molecular weight excluding hydrogens is 389 g/mol. The van der Waals surface area contributed by atoms with Crippen molar-refractivity contribution >= 4 is 18.4 Å². The van der Waals surface area contributed by atoms with Gasteiger partial charge in [-0.15, -0.1) is 0 Å². The summed E-state index contributed by atoms with van der Waals surface area (Å²) in [5.74, 6) is 0. The predicted molar refractivity (Wildman–Crippen MR) is 107 cm³/mol. The van der Waals surface area contributed by atoms with Crippen LogP contribution in [0.2, 0.25) is 13.3 Å². The third-order valence-electron chi connectivity index (χ3n) is 5.16. The van der Waals surface area contributed by atoms with Gasteiger partial charge in [0.05, 0.1) is 0 Å². The van der Waals surface area contributed by atoms with Gasteiger partial charge in [0.2, 0.25) is 0 Å². The van der Waals surface area contributed by atoms with Crippen LogP contribution in [0, 0.1) is 0 Å². The molecule has 3 heteroatoms. The molecule has 0 aromatic heterocycles. The SMILES string of the molecule is CCCCCC(C[NH])O[CH2][Sn]([CH2]CCC)([CH2]CCC)[CH2]CCC. The molecule has 0 aliphatic carbocycles. The first kappa shape index (κ1) is 23.7. The number of ether oxygens (including phenoxy) is 1. The van der Waals surface area contributed by atoms with Crippen LogP contribution >= 0.6 is 0 Å². The zero-order valence-corrected chi connectivity index (χ0v) is 19.4. The van der Waals surface area contributed by atoms with Crippen LogP contribution < -0.4 is 5.73 Å². The fourth-order valence-electron chi connectivity index (χ4n) is 3.41. The molecule has 0 spiro atoms. The zero-order chi connectivity index (χ0) is 17.4. The molecule has 0 aromatic rings. The van der Waals surface area contributed by atoms with Crippen LogP contribution in [0.25, 0.3) is 0 Å². The Morgan fingerprint density at radius 3 is 1.61 bits per heavy atom. The van der Waals surface area contributed by atoms with Crippen molar-refractivity contribution in [2.75, 3.05) is 11.2 Å². The van der Waals surface area contributed by atoms with E-state index in [0.29, 0.717) is 6.54 Å². The minimum absolute atomic E-state index is 0.211. The number of rotatable bonds is 17. The Labute approximate surface area is 151 Å². The van der Waals surface area contributed by atoms with Crippen molar-refractivity contribution in [1.29, 1.82) is 0 Å². The van der Waals surface area contributed by atoms with E-state index in [1.165, 1.54) is 71.1 Å². The summed E-state index contributed by atoms with van der Waals surface area (Å²) in [5.41, 5.74) is 7.82. The summed E-state index contributed by atoms with van der Waals surface area (Å²) >= 11 is -2.14. The van der Waals surface area contributed by atoms with Gasteiger partial charge in [0.1, 0.15) is 0 Å². The average molecular weight is 433 g/mol. The van der Waals surface area contributed by atoms with Crippen molar-refractivity contribution in [2.24, 2.45) is 0 Å². The van der Waals surface area contributed by atoms with Crippen molar-refractivity contribution in [2.45, 2.75) is 111 Å². The van der Waals surface area contributed by atoms with E-state index < -0.39 is 18.4 Å². The van der Waals surface area contributed by atoms with Gasteiger partial charge in [-0.05, 0) is 0 Å². The Balaban J connectivity index is 4.64. The molecule has 23 heavy (non-hydrogen) atoms. The van der Waals surface area contributed by atoms with Crippen LogP contribution in [0.4, 0.5) is 0 Å². The fourth-order valence-corrected chi connectivity index (χ4v) is 17.9. The van der Waals surface area contributed by atoms with Crippen LogP contribution in [-0.2, 0) is 4.74 Å². The first-order chi connectivity index (χ1) is 11.2. The molecule has 0 bridgehead atoms. The van der Waals surface area contributed by atoms with Crippen molar-refractivity contribution in [3.8, 4) is 0 Å². The van der Waals surface area contributed by atoms with E-state index in [4.69, 9.17) is 10.5 Å². The van der Waals surface area contributed by atoms with E-state index in [1.54, 1.807) is 0 Å². The summed E-state index contributed by atoms with van der Waals surface area (Å²) in [6.45, 7) is 9.69. The molecule has 139 valence electrons. The standard InChI is InChI=1S/C8H17NO.3C4H9.Sn/c1-3-4-5-6-8(7-9)10-2;3*1-3-4-2;/h8-9H,2-7H2,1H3;3*1,3-4H2,2H3;. The first-order valence-electron chi connectivity index (χ1n) is 10.4. The molecule has 0 heterocycles. The third-order valence-corrected chi connectivity index (χ3v) is 19.5. The second kappa shape index (κ2) is 16.2. The number of hydrogen-bond donors (Lipinski definition) is 0. The summed E-state index contributed by atoms with van der Waals surface area (Å²) in [4.78, 5) is 0. The summed E-state index contributed by atoms with van der Waals surface area (Å²) in [6.07, 6.45) is 13.3. The van der Waals surface area contributed by atoms with E-state index in [9.17, 15) is 0 Å². The van der Waals surface area contributed by atoms with Crippen molar-refractivity contribution in [1.82, 2.24) is 5.73 Å².